The second kappa shape index (κ2) is 6.44. The lowest BCUT2D eigenvalue weighted by Gasteiger charge is -2.26. The van der Waals surface area contributed by atoms with Gasteiger partial charge in [0.25, 0.3) is 0 Å². The largest absolute Gasteiger partial charge is 0.352 e. The molecule has 2 unspecified atom stereocenters. The van der Waals surface area contributed by atoms with Gasteiger partial charge in [-0.1, -0.05) is 19.3 Å². The van der Waals surface area contributed by atoms with E-state index >= 15 is 0 Å². The Labute approximate surface area is 122 Å². The van der Waals surface area contributed by atoms with Gasteiger partial charge in [0.05, 0.1) is 6.04 Å². The van der Waals surface area contributed by atoms with Crippen molar-refractivity contribution in [2.24, 2.45) is 0 Å². The van der Waals surface area contributed by atoms with E-state index in [1.54, 1.807) is 0 Å². The van der Waals surface area contributed by atoms with Gasteiger partial charge in [-0.3, -0.25) is 9.69 Å². The van der Waals surface area contributed by atoms with Crippen molar-refractivity contribution in [2.45, 2.75) is 82.5 Å². The van der Waals surface area contributed by atoms with E-state index in [4.69, 9.17) is 0 Å². The van der Waals surface area contributed by atoms with Gasteiger partial charge in [0, 0.05) is 31.2 Å². The predicted molar refractivity (Wildman–Crippen MR) is 80.6 cm³/mol. The monoisotopic (exact) mass is 279 g/mol. The van der Waals surface area contributed by atoms with Crippen molar-refractivity contribution in [1.29, 1.82) is 0 Å². The van der Waals surface area contributed by atoms with Gasteiger partial charge in [-0.2, -0.15) is 0 Å². The molecule has 3 fully saturated rings. The molecule has 114 valence electrons. The molecule has 2 atom stereocenters. The highest BCUT2D eigenvalue weighted by Gasteiger charge is 2.35. The van der Waals surface area contributed by atoms with E-state index in [0.29, 0.717) is 12.1 Å². The molecule has 0 aromatic heterocycles. The topological polar surface area (TPSA) is 44.4 Å². The smallest absolute Gasteiger partial charge is 0.237 e. The third-order valence-electron chi connectivity index (χ3n) is 5.11. The predicted octanol–water partition coefficient (Wildman–Crippen LogP) is 1.65. The standard InChI is InChI=1S/C16H29N3O/c1-12(16(20)18-13-5-3-2-4-6-13)17-14-9-10-19(11-14)15-7-8-15/h12-15,17H,2-11H2,1H3,(H,18,20). The Hall–Kier alpha value is -0.610. The number of carbonyl (C=O) groups is 1. The van der Waals surface area contributed by atoms with Crippen LogP contribution in [0, 0.1) is 0 Å². The number of rotatable bonds is 5. The van der Waals surface area contributed by atoms with Crippen LogP contribution in [-0.2, 0) is 4.79 Å². The first-order valence-corrected chi connectivity index (χ1v) is 8.53. The Bertz CT molecular complexity index is 337. The number of amides is 1. The van der Waals surface area contributed by atoms with E-state index < -0.39 is 0 Å². The zero-order chi connectivity index (χ0) is 13.9. The highest BCUT2D eigenvalue weighted by atomic mass is 16.2. The SMILES string of the molecule is CC(NC1CCN(C2CC2)C1)C(=O)NC1CCCCC1. The van der Waals surface area contributed by atoms with E-state index in [1.165, 1.54) is 45.1 Å². The lowest BCUT2D eigenvalue weighted by molar-refractivity contribution is -0.123. The van der Waals surface area contributed by atoms with Gasteiger partial charge in [0.1, 0.15) is 0 Å². The summed E-state index contributed by atoms with van der Waals surface area (Å²) in [5, 5.41) is 6.75. The summed E-state index contributed by atoms with van der Waals surface area (Å²) in [7, 11) is 0. The van der Waals surface area contributed by atoms with Crippen molar-refractivity contribution in [3.63, 3.8) is 0 Å². The summed E-state index contributed by atoms with van der Waals surface area (Å²) in [5.41, 5.74) is 0. The van der Waals surface area contributed by atoms with E-state index in [-0.39, 0.29) is 11.9 Å². The summed E-state index contributed by atoms with van der Waals surface area (Å²) in [6.45, 7) is 4.35. The van der Waals surface area contributed by atoms with Gasteiger partial charge in [-0.25, -0.2) is 0 Å². The Kier molecular flexibility index (Phi) is 4.61. The molecule has 1 aliphatic heterocycles. The summed E-state index contributed by atoms with van der Waals surface area (Å²) in [4.78, 5) is 14.8. The number of carbonyl (C=O) groups excluding carboxylic acids is 1. The van der Waals surface area contributed by atoms with Crippen molar-refractivity contribution in [3.05, 3.63) is 0 Å². The van der Waals surface area contributed by atoms with Crippen LogP contribution in [0.3, 0.4) is 0 Å². The van der Waals surface area contributed by atoms with Crippen molar-refractivity contribution in [3.8, 4) is 0 Å². The number of nitrogens with zero attached hydrogens (tertiary/aromatic N) is 1. The molecular weight excluding hydrogens is 250 g/mol. The van der Waals surface area contributed by atoms with Crippen LogP contribution in [0.1, 0.15) is 58.3 Å². The van der Waals surface area contributed by atoms with Crippen molar-refractivity contribution < 1.29 is 4.79 Å². The maximum atomic E-state index is 12.2. The van der Waals surface area contributed by atoms with E-state index in [0.717, 1.165) is 25.4 Å². The number of nitrogens with one attached hydrogen (secondary N) is 2. The fourth-order valence-corrected chi connectivity index (χ4v) is 3.70. The van der Waals surface area contributed by atoms with Crippen molar-refractivity contribution in [2.75, 3.05) is 13.1 Å². The van der Waals surface area contributed by atoms with E-state index in [1.807, 2.05) is 6.92 Å². The maximum Gasteiger partial charge on any atom is 0.237 e. The minimum Gasteiger partial charge on any atom is -0.352 e. The second-order valence-corrected chi connectivity index (χ2v) is 6.94. The summed E-state index contributed by atoms with van der Waals surface area (Å²) in [6, 6.07) is 1.73. The third-order valence-corrected chi connectivity index (χ3v) is 5.11. The molecule has 0 spiro atoms. The molecule has 1 saturated heterocycles. The average Bonchev–Trinajstić information content (AvgIpc) is 3.20. The molecule has 1 heterocycles. The van der Waals surface area contributed by atoms with Crippen LogP contribution < -0.4 is 10.6 Å². The first-order chi connectivity index (χ1) is 9.72. The Balaban J connectivity index is 1.39. The van der Waals surface area contributed by atoms with Gasteiger partial charge < -0.3 is 10.6 Å². The van der Waals surface area contributed by atoms with Gasteiger partial charge in [0.15, 0.2) is 0 Å². The van der Waals surface area contributed by atoms with Gasteiger partial charge in [0.2, 0.25) is 5.91 Å². The molecule has 2 N–H and O–H groups in total. The number of hydrogen-bond donors (Lipinski definition) is 2. The molecule has 3 aliphatic rings. The lowest BCUT2D eigenvalue weighted by Crippen LogP contribution is -2.50. The normalized spacial score (nSPS) is 30.4. The molecule has 0 aromatic carbocycles. The number of hydrogen-bond acceptors (Lipinski definition) is 3. The maximum absolute atomic E-state index is 12.2. The molecule has 1 amide bonds. The molecule has 4 heteroatoms. The summed E-state index contributed by atoms with van der Waals surface area (Å²) < 4.78 is 0. The number of likely N-dealkylation sites (tertiary alicyclic amines) is 1. The Morgan fingerprint density at radius 1 is 1.05 bits per heavy atom. The molecular formula is C16H29N3O. The molecule has 20 heavy (non-hydrogen) atoms. The molecule has 0 bridgehead atoms. The summed E-state index contributed by atoms with van der Waals surface area (Å²) in [5.74, 6) is 0.196. The quantitative estimate of drug-likeness (QED) is 0.804. The Morgan fingerprint density at radius 3 is 2.50 bits per heavy atom. The van der Waals surface area contributed by atoms with Crippen LogP contribution in [0.2, 0.25) is 0 Å². The average molecular weight is 279 g/mol. The first kappa shape index (κ1) is 14.3. The van der Waals surface area contributed by atoms with Crippen LogP contribution in [0.4, 0.5) is 0 Å². The summed E-state index contributed by atoms with van der Waals surface area (Å²) >= 11 is 0. The first-order valence-electron chi connectivity index (χ1n) is 8.53. The van der Waals surface area contributed by atoms with Gasteiger partial charge in [-0.05, 0) is 39.0 Å². The second-order valence-electron chi connectivity index (χ2n) is 6.94. The minimum atomic E-state index is -0.0546. The summed E-state index contributed by atoms with van der Waals surface area (Å²) in [6.07, 6.45) is 10.2. The lowest BCUT2D eigenvalue weighted by atomic mass is 9.95. The van der Waals surface area contributed by atoms with E-state index in [9.17, 15) is 4.79 Å². The van der Waals surface area contributed by atoms with Gasteiger partial charge in [-0.15, -0.1) is 0 Å². The minimum absolute atomic E-state index is 0.0546. The molecule has 4 nitrogen and oxygen atoms in total. The zero-order valence-electron chi connectivity index (χ0n) is 12.7. The molecule has 3 rings (SSSR count). The molecule has 0 radical (unpaired) electrons. The van der Waals surface area contributed by atoms with Crippen LogP contribution >= 0.6 is 0 Å². The fraction of sp³-hybridized carbons (Fsp3) is 0.938. The third kappa shape index (κ3) is 3.73. The highest BCUT2D eigenvalue weighted by molar-refractivity contribution is 5.81. The molecule has 2 aliphatic carbocycles. The van der Waals surface area contributed by atoms with Crippen molar-refractivity contribution >= 4 is 5.91 Å². The molecule has 2 saturated carbocycles. The van der Waals surface area contributed by atoms with Crippen LogP contribution in [0.5, 0.6) is 0 Å². The van der Waals surface area contributed by atoms with E-state index in [2.05, 4.69) is 15.5 Å². The Morgan fingerprint density at radius 2 is 1.80 bits per heavy atom. The van der Waals surface area contributed by atoms with Crippen LogP contribution in [-0.4, -0.2) is 48.1 Å². The highest BCUT2D eigenvalue weighted by Crippen LogP contribution is 2.29. The fourth-order valence-electron chi connectivity index (χ4n) is 3.70. The van der Waals surface area contributed by atoms with Crippen LogP contribution in [0.15, 0.2) is 0 Å². The van der Waals surface area contributed by atoms with Crippen LogP contribution in [0.25, 0.3) is 0 Å². The zero-order valence-corrected chi connectivity index (χ0v) is 12.7. The molecule has 0 aromatic rings. The van der Waals surface area contributed by atoms with Crippen molar-refractivity contribution in [1.82, 2.24) is 15.5 Å². The van der Waals surface area contributed by atoms with Gasteiger partial charge >= 0.3 is 0 Å².